The SMILES string of the molecule is CCCCCc1ncc[nH]1.FC(F)F. The smallest absolute Gasteiger partial charge is 0.349 e. The Balaban J connectivity index is 0.000000364. The summed E-state index contributed by atoms with van der Waals surface area (Å²) in [5, 5.41) is 0. The first-order chi connectivity index (χ1) is 6.66. The fourth-order valence-electron chi connectivity index (χ4n) is 0.977. The molecule has 0 aromatic carbocycles. The number of rotatable bonds is 4. The highest BCUT2D eigenvalue weighted by molar-refractivity contribution is 4.86. The molecule has 0 aliphatic rings. The predicted molar refractivity (Wildman–Crippen MR) is 48.9 cm³/mol. The van der Waals surface area contributed by atoms with E-state index in [2.05, 4.69) is 16.9 Å². The largest absolute Gasteiger partial charge is 0.379 e. The van der Waals surface area contributed by atoms with E-state index in [1.807, 2.05) is 6.20 Å². The minimum absolute atomic E-state index is 1.10. The summed E-state index contributed by atoms with van der Waals surface area (Å²) in [5.41, 5.74) is 0. The van der Waals surface area contributed by atoms with Crippen molar-refractivity contribution < 1.29 is 13.2 Å². The summed E-state index contributed by atoms with van der Waals surface area (Å²) < 4.78 is 29.0. The maximum Gasteiger partial charge on any atom is 0.379 e. The molecule has 0 radical (unpaired) electrons. The molecule has 1 aromatic heterocycles. The zero-order valence-electron chi connectivity index (χ0n) is 8.14. The predicted octanol–water partition coefficient (Wildman–Crippen LogP) is 3.32. The Labute approximate surface area is 81.6 Å². The van der Waals surface area contributed by atoms with Gasteiger partial charge in [0.15, 0.2) is 0 Å². The van der Waals surface area contributed by atoms with Crippen molar-refractivity contribution in [1.29, 1.82) is 0 Å². The number of imidazole rings is 1. The number of hydrogen-bond donors (Lipinski definition) is 1. The molecule has 0 fully saturated rings. The highest BCUT2D eigenvalue weighted by Crippen LogP contribution is 2.00. The van der Waals surface area contributed by atoms with Gasteiger partial charge in [0, 0.05) is 18.8 Å². The van der Waals surface area contributed by atoms with Gasteiger partial charge in [-0.2, -0.15) is 13.2 Å². The molecule has 0 aliphatic heterocycles. The number of halogens is 3. The van der Waals surface area contributed by atoms with Crippen molar-refractivity contribution in [3.63, 3.8) is 0 Å². The van der Waals surface area contributed by atoms with E-state index in [9.17, 15) is 13.2 Å². The van der Waals surface area contributed by atoms with Crippen LogP contribution in [0.3, 0.4) is 0 Å². The van der Waals surface area contributed by atoms with E-state index >= 15 is 0 Å². The van der Waals surface area contributed by atoms with Gasteiger partial charge in [-0.1, -0.05) is 19.8 Å². The van der Waals surface area contributed by atoms with E-state index in [0.717, 1.165) is 12.2 Å². The van der Waals surface area contributed by atoms with Crippen molar-refractivity contribution >= 4 is 0 Å². The molecule has 82 valence electrons. The van der Waals surface area contributed by atoms with Crippen LogP contribution in [0.4, 0.5) is 13.2 Å². The third-order valence-corrected chi connectivity index (χ3v) is 1.57. The van der Waals surface area contributed by atoms with Gasteiger partial charge in [0.05, 0.1) is 0 Å². The average Bonchev–Trinajstić information content (AvgIpc) is 2.56. The number of aromatic amines is 1. The van der Waals surface area contributed by atoms with Gasteiger partial charge in [-0.15, -0.1) is 0 Å². The maximum atomic E-state index is 9.67. The highest BCUT2D eigenvalue weighted by Gasteiger charge is 1.91. The molecule has 5 heteroatoms. The average molecular weight is 208 g/mol. The first-order valence-corrected chi connectivity index (χ1v) is 4.57. The number of nitrogens with one attached hydrogen (secondary N) is 1. The lowest BCUT2D eigenvalue weighted by Gasteiger charge is -1.93. The molecule has 0 amide bonds. The summed E-state index contributed by atoms with van der Waals surface area (Å²) in [6.45, 7) is -1.46. The Morgan fingerprint density at radius 1 is 1.36 bits per heavy atom. The second-order valence-corrected chi connectivity index (χ2v) is 2.74. The Morgan fingerprint density at radius 3 is 2.43 bits per heavy atom. The van der Waals surface area contributed by atoms with Gasteiger partial charge in [0.2, 0.25) is 0 Å². The lowest BCUT2D eigenvalue weighted by atomic mass is 10.2. The van der Waals surface area contributed by atoms with Crippen LogP contribution < -0.4 is 0 Å². The van der Waals surface area contributed by atoms with Gasteiger partial charge in [-0.3, -0.25) is 0 Å². The molecular weight excluding hydrogens is 193 g/mol. The van der Waals surface area contributed by atoms with Crippen LogP contribution in [0.5, 0.6) is 0 Å². The molecule has 1 rings (SSSR count). The van der Waals surface area contributed by atoms with E-state index in [1.54, 1.807) is 6.20 Å². The normalized spacial score (nSPS) is 9.79. The number of unbranched alkanes of at least 4 members (excludes halogenated alkanes) is 2. The Bertz CT molecular complexity index is 197. The minimum atomic E-state index is -3.67. The number of nitrogens with zero attached hydrogens (tertiary/aromatic N) is 1. The quantitative estimate of drug-likeness (QED) is 0.755. The molecule has 0 saturated carbocycles. The number of aryl methyl sites for hydroxylation is 1. The maximum absolute atomic E-state index is 9.67. The third kappa shape index (κ3) is 9.09. The second kappa shape index (κ2) is 8.59. The molecule has 0 saturated heterocycles. The Hall–Kier alpha value is -1.00. The van der Waals surface area contributed by atoms with Crippen LogP contribution in [0.25, 0.3) is 0 Å². The lowest BCUT2D eigenvalue weighted by Crippen LogP contribution is -1.86. The van der Waals surface area contributed by atoms with Crippen molar-refractivity contribution in [3.8, 4) is 0 Å². The van der Waals surface area contributed by atoms with Crippen LogP contribution in [0.15, 0.2) is 12.4 Å². The molecule has 14 heavy (non-hydrogen) atoms. The number of alkyl halides is 3. The fraction of sp³-hybridized carbons (Fsp3) is 0.667. The standard InChI is InChI=1S/C8H14N2.CHF3/c1-2-3-4-5-8-9-6-7-10-8;2-1(3)4/h6-7H,2-5H2,1H3,(H,9,10);1H. The van der Waals surface area contributed by atoms with Crippen molar-refractivity contribution in [2.24, 2.45) is 0 Å². The van der Waals surface area contributed by atoms with E-state index in [0.29, 0.717) is 0 Å². The van der Waals surface area contributed by atoms with Crippen molar-refractivity contribution in [1.82, 2.24) is 9.97 Å². The molecule has 1 aromatic rings. The lowest BCUT2D eigenvalue weighted by molar-refractivity contribution is 0.00819. The third-order valence-electron chi connectivity index (χ3n) is 1.57. The summed E-state index contributed by atoms with van der Waals surface area (Å²) in [4.78, 5) is 7.22. The van der Waals surface area contributed by atoms with Crippen LogP contribution in [-0.4, -0.2) is 16.6 Å². The van der Waals surface area contributed by atoms with Gasteiger partial charge in [0.1, 0.15) is 5.82 Å². The minimum Gasteiger partial charge on any atom is -0.349 e. The first-order valence-electron chi connectivity index (χ1n) is 4.57. The zero-order valence-corrected chi connectivity index (χ0v) is 8.14. The van der Waals surface area contributed by atoms with Crippen LogP contribution in [0, 0.1) is 0 Å². The summed E-state index contributed by atoms with van der Waals surface area (Å²) in [7, 11) is 0. The molecule has 1 heterocycles. The summed E-state index contributed by atoms with van der Waals surface area (Å²) in [6, 6.07) is 0. The summed E-state index contributed by atoms with van der Waals surface area (Å²) in [6.07, 6.45) is 8.62. The monoisotopic (exact) mass is 208 g/mol. The highest BCUT2D eigenvalue weighted by atomic mass is 19.4. The van der Waals surface area contributed by atoms with Gasteiger partial charge in [0.25, 0.3) is 0 Å². The molecule has 0 bridgehead atoms. The molecule has 0 unspecified atom stereocenters. The van der Waals surface area contributed by atoms with Crippen LogP contribution in [-0.2, 0) is 6.42 Å². The zero-order chi connectivity index (χ0) is 10.8. The first kappa shape index (κ1) is 13.0. The van der Waals surface area contributed by atoms with Crippen molar-refractivity contribution in [3.05, 3.63) is 18.2 Å². The molecule has 1 N–H and O–H groups in total. The molecule has 0 aliphatic carbocycles. The van der Waals surface area contributed by atoms with E-state index < -0.39 is 6.68 Å². The molecular formula is C9H15F3N2. The number of H-pyrrole nitrogens is 1. The van der Waals surface area contributed by atoms with Crippen LogP contribution >= 0.6 is 0 Å². The Morgan fingerprint density at radius 2 is 2.00 bits per heavy atom. The fourth-order valence-corrected chi connectivity index (χ4v) is 0.977. The van der Waals surface area contributed by atoms with Crippen LogP contribution in [0.1, 0.15) is 32.0 Å². The van der Waals surface area contributed by atoms with Gasteiger partial charge in [-0.05, 0) is 6.42 Å². The summed E-state index contributed by atoms with van der Waals surface area (Å²) >= 11 is 0. The molecule has 2 nitrogen and oxygen atoms in total. The van der Waals surface area contributed by atoms with Gasteiger partial charge < -0.3 is 4.98 Å². The van der Waals surface area contributed by atoms with Crippen LogP contribution in [0.2, 0.25) is 0 Å². The molecule has 0 atom stereocenters. The van der Waals surface area contributed by atoms with Crippen molar-refractivity contribution in [2.45, 2.75) is 39.3 Å². The second-order valence-electron chi connectivity index (χ2n) is 2.74. The molecule has 0 spiro atoms. The number of hydrogen-bond acceptors (Lipinski definition) is 1. The Kier molecular flexibility index (Phi) is 7.98. The van der Waals surface area contributed by atoms with E-state index in [4.69, 9.17) is 0 Å². The van der Waals surface area contributed by atoms with E-state index in [1.165, 1.54) is 19.3 Å². The van der Waals surface area contributed by atoms with Gasteiger partial charge >= 0.3 is 6.68 Å². The van der Waals surface area contributed by atoms with E-state index in [-0.39, 0.29) is 0 Å². The topological polar surface area (TPSA) is 28.7 Å². The van der Waals surface area contributed by atoms with Gasteiger partial charge in [-0.25, -0.2) is 4.98 Å². The van der Waals surface area contributed by atoms with Crippen molar-refractivity contribution in [2.75, 3.05) is 0 Å². The number of aromatic nitrogens is 2. The summed E-state index contributed by atoms with van der Waals surface area (Å²) in [5.74, 6) is 1.12.